The van der Waals surface area contributed by atoms with E-state index in [4.69, 9.17) is 9.47 Å². The molecule has 0 spiro atoms. The average molecular weight is 362 g/mol. The molecule has 0 saturated carbocycles. The second kappa shape index (κ2) is 10.0. The lowest BCUT2D eigenvalue weighted by atomic mass is 10.0. The number of carbonyl (C=O) groups excluding carboxylic acids is 2. The molecule has 1 saturated heterocycles. The summed E-state index contributed by atoms with van der Waals surface area (Å²) >= 11 is 0. The highest BCUT2D eigenvalue weighted by Gasteiger charge is 2.24. The van der Waals surface area contributed by atoms with Gasteiger partial charge in [0.25, 0.3) is 5.91 Å². The molecular formula is C20H30N2O4. The van der Waals surface area contributed by atoms with E-state index >= 15 is 0 Å². The van der Waals surface area contributed by atoms with E-state index in [0.29, 0.717) is 37.8 Å². The van der Waals surface area contributed by atoms with Crippen molar-refractivity contribution in [3.05, 3.63) is 24.3 Å². The van der Waals surface area contributed by atoms with Crippen LogP contribution in [-0.2, 0) is 9.59 Å². The molecule has 6 nitrogen and oxygen atoms in total. The normalized spacial score (nSPS) is 15.0. The number of rotatable bonds is 8. The van der Waals surface area contributed by atoms with Gasteiger partial charge in [0.1, 0.15) is 11.5 Å². The third-order valence-corrected chi connectivity index (χ3v) is 4.30. The monoisotopic (exact) mass is 362 g/mol. The number of amides is 2. The van der Waals surface area contributed by atoms with Crippen LogP contribution in [-0.4, -0.2) is 49.1 Å². The third-order valence-electron chi connectivity index (χ3n) is 4.30. The molecule has 0 aromatic heterocycles. The molecule has 0 radical (unpaired) electrons. The standard InChI is InChI=1S/C20H30N2O4/c1-4-25-17-5-7-18(8-6-17)26-14-20(24)22-11-9-16(10-12-22)21-19(23)13-15(2)3/h5-8,15-16H,4,9-14H2,1-3H3,(H,21,23). The number of hydrogen-bond acceptors (Lipinski definition) is 4. The predicted octanol–water partition coefficient (Wildman–Crippen LogP) is 2.62. The highest BCUT2D eigenvalue weighted by atomic mass is 16.5. The van der Waals surface area contributed by atoms with E-state index in [1.54, 1.807) is 17.0 Å². The molecule has 1 heterocycles. The SMILES string of the molecule is CCOc1ccc(OCC(=O)N2CCC(NC(=O)CC(C)C)CC2)cc1. The molecule has 1 aliphatic heterocycles. The Kier molecular flexibility index (Phi) is 7.75. The van der Waals surface area contributed by atoms with Gasteiger partial charge in [-0.05, 0) is 49.9 Å². The van der Waals surface area contributed by atoms with Crippen molar-refractivity contribution < 1.29 is 19.1 Å². The molecule has 0 atom stereocenters. The largest absolute Gasteiger partial charge is 0.494 e. The van der Waals surface area contributed by atoms with Crippen molar-refractivity contribution in [1.29, 1.82) is 0 Å². The number of benzene rings is 1. The first-order chi connectivity index (χ1) is 12.5. The second-order valence-electron chi connectivity index (χ2n) is 7.01. The Bertz CT molecular complexity index is 578. The molecular weight excluding hydrogens is 332 g/mol. The van der Waals surface area contributed by atoms with Gasteiger partial charge in [-0.15, -0.1) is 0 Å². The molecule has 0 bridgehead atoms. The fourth-order valence-corrected chi connectivity index (χ4v) is 2.97. The summed E-state index contributed by atoms with van der Waals surface area (Å²) in [6.45, 7) is 7.94. The summed E-state index contributed by atoms with van der Waals surface area (Å²) in [6.07, 6.45) is 2.13. The Balaban J connectivity index is 1.70. The molecule has 1 fully saturated rings. The third kappa shape index (κ3) is 6.58. The maximum absolute atomic E-state index is 12.3. The fraction of sp³-hybridized carbons (Fsp3) is 0.600. The average Bonchev–Trinajstić information content (AvgIpc) is 2.61. The topological polar surface area (TPSA) is 67.9 Å². The molecule has 26 heavy (non-hydrogen) atoms. The van der Waals surface area contributed by atoms with Gasteiger partial charge in [0.05, 0.1) is 6.61 Å². The van der Waals surface area contributed by atoms with Gasteiger partial charge < -0.3 is 19.7 Å². The van der Waals surface area contributed by atoms with Crippen molar-refractivity contribution in [3.63, 3.8) is 0 Å². The predicted molar refractivity (Wildman–Crippen MR) is 100 cm³/mol. The molecule has 1 aromatic carbocycles. The smallest absolute Gasteiger partial charge is 0.260 e. The number of carbonyl (C=O) groups is 2. The summed E-state index contributed by atoms with van der Waals surface area (Å²) < 4.78 is 11.0. The van der Waals surface area contributed by atoms with E-state index in [9.17, 15) is 9.59 Å². The highest BCUT2D eigenvalue weighted by molar-refractivity contribution is 5.78. The maximum atomic E-state index is 12.3. The molecule has 6 heteroatoms. The van der Waals surface area contributed by atoms with Crippen molar-refractivity contribution >= 4 is 11.8 Å². The van der Waals surface area contributed by atoms with Gasteiger partial charge in [-0.25, -0.2) is 0 Å². The fourth-order valence-electron chi connectivity index (χ4n) is 2.97. The van der Waals surface area contributed by atoms with Gasteiger partial charge >= 0.3 is 0 Å². The summed E-state index contributed by atoms with van der Waals surface area (Å²) in [5.41, 5.74) is 0. The van der Waals surface area contributed by atoms with E-state index in [2.05, 4.69) is 5.32 Å². The summed E-state index contributed by atoms with van der Waals surface area (Å²) in [5, 5.41) is 3.06. The molecule has 144 valence electrons. The zero-order valence-electron chi connectivity index (χ0n) is 16.0. The van der Waals surface area contributed by atoms with Crippen LogP contribution < -0.4 is 14.8 Å². The molecule has 1 aliphatic rings. The Morgan fingerprint density at radius 2 is 1.69 bits per heavy atom. The molecule has 0 aliphatic carbocycles. The Hall–Kier alpha value is -2.24. The number of piperidine rings is 1. The Labute approximate surface area is 155 Å². The van der Waals surface area contributed by atoms with E-state index in [-0.39, 0.29) is 24.5 Å². The summed E-state index contributed by atoms with van der Waals surface area (Å²) in [6, 6.07) is 7.42. The minimum absolute atomic E-state index is 0.0224. The highest BCUT2D eigenvalue weighted by Crippen LogP contribution is 2.18. The van der Waals surface area contributed by atoms with Crippen molar-refractivity contribution in [3.8, 4) is 11.5 Å². The number of nitrogens with one attached hydrogen (secondary N) is 1. The molecule has 0 unspecified atom stereocenters. The van der Waals surface area contributed by atoms with E-state index in [0.717, 1.165) is 18.6 Å². The molecule has 1 N–H and O–H groups in total. The second-order valence-corrected chi connectivity index (χ2v) is 7.01. The summed E-state index contributed by atoms with van der Waals surface area (Å²) in [4.78, 5) is 26.0. The van der Waals surface area contributed by atoms with E-state index < -0.39 is 0 Å². The van der Waals surface area contributed by atoms with Crippen LogP contribution >= 0.6 is 0 Å². The number of nitrogens with zero attached hydrogens (tertiary/aromatic N) is 1. The van der Waals surface area contributed by atoms with Crippen LogP contribution in [0.4, 0.5) is 0 Å². The van der Waals surface area contributed by atoms with Crippen molar-refractivity contribution in [2.75, 3.05) is 26.3 Å². The lowest BCUT2D eigenvalue weighted by molar-refractivity contribution is -0.134. The Morgan fingerprint density at radius 3 is 2.23 bits per heavy atom. The van der Waals surface area contributed by atoms with Crippen LogP contribution in [0, 0.1) is 5.92 Å². The zero-order chi connectivity index (χ0) is 18.9. The first-order valence-corrected chi connectivity index (χ1v) is 9.40. The minimum Gasteiger partial charge on any atom is -0.494 e. The molecule has 1 aromatic rings. The summed E-state index contributed by atoms with van der Waals surface area (Å²) in [7, 11) is 0. The Morgan fingerprint density at radius 1 is 1.12 bits per heavy atom. The van der Waals surface area contributed by atoms with Crippen LogP contribution in [0.1, 0.15) is 40.0 Å². The zero-order valence-corrected chi connectivity index (χ0v) is 16.0. The van der Waals surface area contributed by atoms with Crippen LogP contribution in [0.15, 0.2) is 24.3 Å². The molecule has 2 amide bonds. The van der Waals surface area contributed by atoms with E-state index in [1.165, 1.54) is 0 Å². The number of hydrogen-bond donors (Lipinski definition) is 1. The number of ether oxygens (including phenoxy) is 2. The first-order valence-electron chi connectivity index (χ1n) is 9.40. The van der Waals surface area contributed by atoms with Crippen LogP contribution in [0.25, 0.3) is 0 Å². The lowest BCUT2D eigenvalue weighted by Crippen LogP contribution is -2.47. The maximum Gasteiger partial charge on any atom is 0.260 e. The van der Waals surface area contributed by atoms with Crippen LogP contribution in [0.3, 0.4) is 0 Å². The lowest BCUT2D eigenvalue weighted by Gasteiger charge is -2.32. The first kappa shape index (κ1) is 20.1. The van der Waals surface area contributed by atoms with Crippen molar-refractivity contribution in [2.24, 2.45) is 5.92 Å². The van der Waals surface area contributed by atoms with Gasteiger partial charge in [0.15, 0.2) is 6.61 Å². The van der Waals surface area contributed by atoms with Crippen LogP contribution in [0.5, 0.6) is 11.5 Å². The summed E-state index contributed by atoms with van der Waals surface area (Å²) in [5.74, 6) is 1.87. The van der Waals surface area contributed by atoms with Gasteiger partial charge in [0.2, 0.25) is 5.91 Å². The minimum atomic E-state index is -0.0224. The van der Waals surface area contributed by atoms with Crippen LogP contribution in [0.2, 0.25) is 0 Å². The van der Waals surface area contributed by atoms with Gasteiger partial charge in [-0.2, -0.15) is 0 Å². The molecule has 2 rings (SSSR count). The van der Waals surface area contributed by atoms with Gasteiger partial charge in [-0.1, -0.05) is 13.8 Å². The van der Waals surface area contributed by atoms with E-state index in [1.807, 2.05) is 32.9 Å². The van der Waals surface area contributed by atoms with Gasteiger partial charge in [0, 0.05) is 25.6 Å². The van der Waals surface area contributed by atoms with Gasteiger partial charge in [-0.3, -0.25) is 9.59 Å². The van der Waals surface area contributed by atoms with Crippen molar-refractivity contribution in [1.82, 2.24) is 10.2 Å². The number of likely N-dealkylation sites (tertiary alicyclic amines) is 1. The quantitative estimate of drug-likeness (QED) is 0.772. The van der Waals surface area contributed by atoms with Crippen molar-refractivity contribution in [2.45, 2.75) is 46.1 Å².